The molecule has 0 heterocycles. The van der Waals surface area contributed by atoms with Crippen molar-refractivity contribution >= 4 is 17.8 Å². The number of ether oxygens (including phenoxy) is 5. The summed E-state index contributed by atoms with van der Waals surface area (Å²) in [6.07, 6.45) is 0.658. The number of methoxy groups -OCH3 is 4. The minimum Gasteiger partial charge on any atom is -0.493 e. The molecule has 9 nitrogen and oxygen atoms in total. The molecule has 9 heteroatoms. The highest BCUT2D eigenvalue weighted by Gasteiger charge is 2.27. The fourth-order valence-electron chi connectivity index (χ4n) is 2.42. The van der Waals surface area contributed by atoms with E-state index >= 15 is 0 Å². The lowest BCUT2D eigenvalue weighted by molar-refractivity contribution is -0.147. The highest BCUT2D eigenvalue weighted by Crippen LogP contribution is 2.38. The molecule has 1 amide bonds. The fourth-order valence-corrected chi connectivity index (χ4v) is 2.42. The van der Waals surface area contributed by atoms with E-state index in [-0.39, 0.29) is 23.0 Å². The Hall–Kier alpha value is -2.97. The zero-order chi connectivity index (χ0) is 21.3. The average molecular weight is 397 g/mol. The first-order chi connectivity index (χ1) is 13.3. The van der Waals surface area contributed by atoms with Crippen molar-refractivity contribution in [3.8, 4) is 17.2 Å². The van der Waals surface area contributed by atoms with Crippen LogP contribution in [0.4, 0.5) is 0 Å². The molecule has 0 bridgehead atoms. The van der Waals surface area contributed by atoms with E-state index < -0.39 is 30.5 Å². The lowest BCUT2D eigenvalue weighted by Gasteiger charge is -2.21. The van der Waals surface area contributed by atoms with Gasteiger partial charge >= 0.3 is 11.9 Å². The highest BCUT2D eigenvalue weighted by molar-refractivity contribution is 5.93. The number of carbonyl (C=O) groups is 3. The van der Waals surface area contributed by atoms with Gasteiger partial charge in [-0.15, -0.1) is 0 Å². The first kappa shape index (κ1) is 23.1. The van der Waals surface area contributed by atoms with Gasteiger partial charge in [0.15, 0.2) is 18.1 Å². The number of benzene rings is 1. The third-order valence-corrected chi connectivity index (χ3v) is 4.22. The van der Waals surface area contributed by atoms with E-state index in [1.807, 2.05) is 13.8 Å². The Kier molecular flexibility index (Phi) is 9.07. The fraction of sp³-hybridized carbons (Fsp3) is 0.526. The van der Waals surface area contributed by atoms with E-state index in [9.17, 15) is 14.4 Å². The van der Waals surface area contributed by atoms with Crippen LogP contribution in [0.15, 0.2) is 12.1 Å². The molecule has 0 aliphatic heterocycles. The summed E-state index contributed by atoms with van der Waals surface area (Å²) in [5, 5.41) is 2.53. The number of hydrogen-bond donors (Lipinski definition) is 1. The summed E-state index contributed by atoms with van der Waals surface area (Å²) < 4.78 is 25.3. The van der Waals surface area contributed by atoms with E-state index in [0.29, 0.717) is 12.2 Å². The Balaban J connectivity index is 2.83. The number of nitrogens with one attached hydrogen (secondary N) is 1. The van der Waals surface area contributed by atoms with Crippen LogP contribution in [-0.2, 0) is 19.1 Å². The van der Waals surface area contributed by atoms with Gasteiger partial charge < -0.3 is 29.0 Å². The van der Waals surface area contributed by atoms with Crippen molar-refractivity contribution in [2.75, 3.05) is 35.0 Å². The van der Waals surface area contributed by atoms with E-state index in [0.717, 1.165) is 0 Å². The molecule has 0 fully saturated rings. The molecule has 1 aromatic carbocycles. The largest absolute Gasteiger partial charge is 0.493 e. The molecule has 156 valence electrons. The van der Waals surface area contributed by atoms with Crippen LogP contribution < -0.4 is 19.5 Å². The smallest absolute Gasteiger partial charge is 0.338 e. The Bertz CT molecular complexity index is 678. The summed E-state index contributed by atoms with van der Waals surface area (Å²) in [7, 11) is 5.52. The number of rotatable bonds is 10. The Morgan fingerprint density at radius 2 is 1.57 bits per heavy atom. The maximum Gasteiger partial charge on any atom is 0.338 e. The van der Waals surface area contributed by atoms with Crippen LogP contribution in [0.5, 0.6) is 17.2 Å². The lowest BCUT2D eigenvalue weighted by atomic mass is 9.99. The number of hydrogen-bond acceptors (Lipinski definition) is 8. The maximum absolute atomic E-state index is 12.3. The Morgan fingerprint density at radius 3 is 2.00 bits per heavy atom. The molecule has 0 aliphatic rings. The highest BCUT2D eigenvalue weighted by atomic mass is 16.5. The van der Waals surface area contributed by atoms with E-state index in [4.69, 9.17) is 23.7 Å². The standard InChI is InChI=1S/C19H27NO8/c1-7-11(2)16(19(23)27-6)20-15(21)10-28-18(22)12-8-13(24-3)17(26-5)14(9-12)25-4/h8-9,11,16H,7,10H2,1-6H3,(H,20,21)/t11-,16-/m1/s1. The predicted octanol–water partition coefficient (Wildman–Crippen LogP) is 1.57. The third-order valence-electron chi connectivity index (χ3n) is 4.22. The molecular formula is C19H27NO8. The summed E-state index contributed by atoms with van der Waals surface area (Å²) in [6.45, 7) is 3.14. The molecule has 0 radical (unpaired) electrons. The molecule has 1 rings (SSSR count). The maximum atomic E-state index is 12.3. The van der Waals surface area contributed by atoms with Crippen LogP contribution in [0.25, 0.3) is 0 Å². The van der Waals surface area contributed by atoms with Crippen molar-refractivity contribution in [1.82, 2.24) is 5.32 Å². The summed E-state index contributed by atoms with van der Waals surface area (Å²) in [6, 6.07) is 2.01. The van der Waals surface area contributed by atoms with Crippen LogP contribution in [-0.4, -0.2) is 58.9 Å². The van der Waals surface area contributed by atoms with E-state index in [1.54, 1.807) is 0 Å². The SMILES string of the molecule is CC[C@@H](C)[C@@H](NC(=O)COC(=O)c1cc(OC)c(OC)c(OC)c1)C(=O)OC. The monoisotopic (exact) mass is 397 g/mol. The zero-order valence-corrected chi connectivity index (χ0v) is 17.0. The van der Waals surface area contributed by atoms with Gasteiger partial charge in [-0.05, 0) is 18.1 Å². The molecule has 0 spiro atoms. The van der Waals surface area contributed by atoms with Gasteiger partial charge in [-0.3, -0.25) is 4.79 Å². The van der Waals surface area contributed by atoms with Crippen LogP contribution in [0.2, 0.25) is 0 Å². The van der Waals surface area contributed by atoms with Gasteiger partial charge in [0, 0.05) is 0 Å². The quantitative estimate of drug-likeness (QED) is 0.593. The molecule has 0 saturated carbocycles. The van der Waals surface area contributed by atoms with Crippen molar-refractivity contribution in [1.29, 1.82) is 0 Å². The molecule has 2 atom stereocenters. The van der Waals surface area contributed by atoms with Gasteiger partial charge in [0.25, 0.3) is 5.91 Å². The van der Waals surface area contributed by atoms with Crippen LogP contribution in [0, 0.1) is 5.92 Å². The van der Waals surface area contributed by atoms with Crippen molar-refractivity contribution in [2.45, 2.75) is 26.3 Å². The second-order valence-corrected chi connectivity index (χ2v) is 5.94. The number of amides is 1. The molecule has 28 heavy (non-hydrogen) atoms. The first-order valence-corrected chi connectivity index (χ1v) is 8.67. The minimum absolute atomic E-state index is 0.119. The van der Waals surface area contributed by atoms with E-state index in [2.05, 4.69) is 5.32 Å². The Morgan fingerprint density at radius 1 is 1.00 bits per heavy atom. The van der Waals surface area contributed by atoms with Gasteiger partial charge in [-0.25, -0.2) is 9.59 Å². The Labute approximate surface area is 164 Å². The van der Waals surface area contributed by atoms with Crippen LogP contribution >= 0.6 is 0 Å². The second kappa shape index (κ2) is 11.0. The average Bonchev–Trinajstić information content (AvgIpc) is 2.73. The van der Waals surface area contributed by atoms with Crippen LogP contribution in [0.1, 0.15) is 30.6 Å². The molecule has 0 aromatic heterocycles. The predicted molar refractivity (Wildman–Crippen MR) is 99.8 cm³/mol. The summed E-state index contributed by atoms with van der Waals surface area (Å²) in [5.74, 6) is -1.18. The summed E-state index contributed by atoms with van der Waals surface area (Å²) in [5.41, 5.74) is 0.119. The van der Waals surface area contributed by atoms with E-state index in [1.165, 1.54) is 40.6 Å². The summed E-state index contributed by atoms with van der Waals surface area (Å²) in [4.78, 5) is 36.2. The summed E-state index contributed by atoms with van der Waals surface area (Å²) >= 11 is 0. The van der Waals surface area contributed by atoms with Crippen LogP contribution in [0.3, 0.4) is 0 Å². The minimum atomic E-state index is -0.817. The molecule has 0 aliphatic carbocycles. The zero-order valence-electron chi connectivity index (χ0n) is 17.0. The normalized spacial score (nSPS) is 12.4. The second-order valence-electron chi connectivity index (χ2n) is 5.94. The van der Waals surface area contributed by atoms with Crippen molar-refractivity contribution < 1.29 is 38.1 Å². The number of carbonyl (C=O) groups excluding carboxylic acids is 3. The van der Waals surface area contributed by atoms with Crippen molar-refractivity contribution in [3.05, 3.63) is 17.7 Å². The molecule has 0 unspecified atom stereocenters. The molecule has 1 N–H and O–H groups in total. The molecular weight excluding hydrogens is 370 g/mol. The van der Waals surface area contributed by atoms with Gasteiger partial charge in [-0.2, -0.15) is 0 Å². The van der Waals surface area contributed by atoms with Gasteiger partial charge in [0.2, 0.25) is 5.75 Å². The van der Waals surface area contributed by atoms with Gasteiger partial charge in [0.05, 0.1) is 34.0 Å². The molecule has 1 aromatic rings. The topological polar surface area (TPSA) is 109 Å². The molecule has 0 saturated heterocycles. The third kappa shape index (κ3) is 5.77. The number of esters is 2. The first-order valence-electron chi connectivity index (χ1n) is 8.67. The van der Waals surface area contributed by atoms with Gasteiger partial charge in [0.1, 0.15) is 6.04 Å². The lowest BCUT2D eigenvalue weighted by Crippen LogP contribution is -2.47. The van der Waals surface area contributed by atoms with Gasteiger partial charge in [-0.1, -0.05) is 20.3 Å². The van der Waals surface area contributed by atoms with Crippen molar-refractivity contribution in [2.24, 2.45) is 5.92 Å². The van der Waals surface area contributed by atoms with Crippen molar-refractivity contribution in [3.63, 3.8) is 0 Å².